The van der Waals surface area contributed by atoms with Crippen molar-refractivity contribution in [3.8, 4) is 0 Å². The number of carbonyl (C=O) groups excluding carboxylic acids is 1. The van der Waals surface area contributed by atoms with Crippen LogP contribution in [0.5, 0.6) is 0 Å². The third kappa shape index (κ3) is 4.19. The van der Waals surface area contributed by atoms with Gasteiger partial charge in [-0.1, -0.05) is 40.2 Å². The Balaban J connectivity index is 2.53. The van der Waals surface area contributed by atoms with E-state index < -0.39 is 0 Å². The fourth-order valence-electron chi connectivity index (χ4n) is 2.36. The van der Waals surface area contributed by atoms with E-state index in [0.29, 0.717) is 17.1 Å². The lowest BCUT2D eigenvalue weighted by molar-refractivity contribution is -0.120. The van der Waals surface area contributed by atoms with Crippen LogP contribution in [0.2, 0.25) is 0 Å². The smallest absolute Gasteiger partial charge is 0.158 e. The zero-order chi connectivity index (χ0) is 11.5. The largest absolute Gasteiger partial charge is 0.295 e. The second-order valence-corrected chi connectivity index (χ2v) is 5.96. The number of hydrogen-bond donors (Lipinski definition) is 0. The van der Waals surface area contributed by atoms with Crippen LogP contribution in [0.4, 0.5) is 0 Å². The van der Waals surface area contributed by atoms with Crippen molar-refractivity contribution < 1.29 is 4.79 Å². The summed E-state index contributed by atoms with van der Waals surface area (Å²) in [5.74, 6) is 1.10. The highest BCUT2D eigenvalue weighted by Crippen LogP contribution is 2.38. The molecule has 1 fully saturated rings. The topological polar surface area (TPSA) is 17.1 Å². The standard InChI is InChI=1S/C14H24O/c1-11(2)7-8-13(15)12-6-5-9-14(3,4)10-12/h7-8,11-12H,5-6,9-10H2,1-4H3/b8-7-. The number of allylic oxidation sites excluding steroid dienone is 2. The zero-order valence-corrected chi connectivity index (χ0v) is 10.5. The van der Waals surface area contributed by atoms with Gasteiger partial charge >= 0.3 is 0 Å². The lowest BCUT2D eigenvalue weighted by atomic mass is 9.71. The van der Waals surface area contributed by atoms with Gasteiger partial charge in [0, 0.05) is 5.92 Å². The molecule has 0 saturated heterocycles. The summed E-state index contributed by atoms with van der Waals surface area (Å²) in [6.07, 6.45) is 8.45. The summed E-state index contributed by atoms with van der Waals surface area (Å²) in [5.41, 5.74) is 0.365. The van der Waals surface area contributed by atoms with E-state index in [4.69, 9.17) is 0 Å². The Morgan fingerprint density at radius 3 is 2.60 bits per heavy atom. The maximum absolute atomic E-state index is 11.9. The quantitative estimate of drug-likeness (QED) is 0.641. The Morgan fingerprint density at radius 1 is 1.40 bits per heavy atom. The van der Waals surface area contributed by atoms with Crippen molar-refractivity contribution in [2.45, 2.75) is 53.4 Å². The second-order valence-electron chi connectivity index (χ2n) is 5.96. The van der Waals surface area contributed by atoms with Gasteiger partial charge in [0.25, 0.3) is 0 Å². The van der Waals surface area contributed by atoms with Crippen LogP contribution in [0.3, 0.4) is 0 Å². The highest BCUT2D eigenvalue weighted by atomic mass is 16.1. The van der Waals surface area contributed by atoms with Crippen LogP contribution >= 0.6 is 0 Å². The summed E-state index contributed by atoms with van der Waals surface area (Å²) in [6, 6.07) is 0. The average Bonchev–Trinajstić information content (AvgIpc) is 2.12. The molecule has 1 aliphatic rings. The first kappa shape index (κ1) is 12.5. The molecule has 1 saturated carbocycles. The van der Waals surface area contributed by atoms with Gasteiger partial charge in [-0.25, -0.2) is 0 Å². The molecule has 1 nitrogen and oxygen atoms in total. The molecule has 0 radical (unpaired) electrons. The molecule has 0 N–H and O–H groups in total. The summed E-state index contributed by atoms with van der Waals surface area (Å²) in [7, 11) is 0. The predicted molar refractivity (Wildman–Crippen MR) is 64.7 cm³/mol. The van der Waals surface area contributed by atoms with Gasteiger partial charge in [-0.15, -0.1) is 0 Å². The first-order valence-electron chi connectivity index (χ1n) is 6.13. The molecule has 1 unspecified atom stereocenters. The fourth-order valence-corrected chi connectivity index (χ4v) is 2.36. The van der Waals surface area contributed by atoms with Gasteiger partial charge in [0.2, 0.25) is 0 Å². The second kappa shape index (κ2) is 4.96. The van der Waals surface area contributed by atoms with E-state index in [-0.39, 0.29) is 5.92 Å². The van der Waals surface area contributed by atoms with Gasteiger partial charge in [0.05, 0.1) is 0 Å². The Kier molecular flexibility index (Phi) is 4.12. The molecule has 0 aromatic heterocycles. The summed E-state index contributed by atoms with van der Waals surface area (Å²) in [6.45, 7) is 8.76. The van der Waals surface area contributed by atoms with Crippen LogP contribution in [-0.2, 0) is 4.79 Å². The summed E-state index contributed by atoms with van der Waals surface area (Å²) >= 11 is 0. The van der Waals surface area contributed by atoms with E-state index in [1.54, 1.807) is 6.08 Å². The Morgan fingerprint density at radius 2 is 2.07 bits per heavy atom. The normalized spacial score (nSPS) is 26.1. The Bertz CT molecular complexity index is 248. The van der Waals surface area contributed by atoms with E-state index in [1.165, 1.54) is 12.8 Å². The van der Waals surface area contributed by atoms with E-state index in [0.717, 1.165) is 12.8 Å². The molecule has 0 amide bonds. The summed E-state index contributed by atoms with van der Waals surface area (Å²) < 4.78 is 0. The molecular formula is C14H24O. The van der Waals surface area contributed by atoms with Gasteiger partial charge in [0.1, 0.15) is 0 Å². The molecule has 1 aliphatic carbocycles. The molecule has 0 aromatic carbocycles. The summed E-state index contributed by atoms with van der Waals surface area (Å²) in [5, 5.41) is 0. The molecule has 0 spiro atoms. The van der Waals surface area contributed by atoms with Crippen LogP contribution in [0.15, 0.2) is 12.2 Å². The van der Waals surface area contributed by atoms with Crippen molar-refractivity contribution in [3.63, 3.8) is 0 Å². The van der Waals surface area contributed by atoms with Crippen molar-refractivity contribution in [2.75, 3.05) is 0 Å². The van der Waals surface area contributed by atoms with Gasteiger partial charge in [-0.3, -0.25) is 4.79 Å². The van der Waals surface area contributed by atoms with Crippen molar-refractivity contribution >= 4 is 5.78 Å². The van der Waals surface area contributed by atoms with Crippen molar-refractivity contribution in [1.29, 1.82) is 0 Å². The van der Waals surface area contributed by atoms with E-state index in [9.17, 15) is 4.79 Å². The fraction of sp³-hybridized carbons (Fsp3) is 0.786. The van der Waals surface area contributed by atoms with Crippen LogP contribution < -0.4 is 0 Å². The monoisotopic (exact) mass is 208 g/mol. The van der Waals surface area contributed by atoms with Gasteiger partial charge < -0.3 is 0 Å². The maximum atomic E-state index is 11.9. The van der Waals surface area contributed by atoms with Crippen LogP contribution in [-0.4, -0.2) is 5.78 Å². The molecule has 86 valence electrons. The third-order valence-electron chi connectivity index (χ3n) is 3.25. The zero-order valence-electron chi connectivity index (χ0n) is 10.5. The maximum Gasteiger partial charge on any atom is 0.158 e. The first-order valence-corrected chi connectivity index (χ1v) is 6.13. The van der Waals surface area contributed by atoms with Crippen molar-refractivity contribution in [3.05, 3.63) is 12.2 Å². The minimum absolute atomic E-state index is 0.281. The molecule has 1 atom stereocenters. The molecule has 15 heavy (non-hydrogen) atoms. The number of carbonyl (C=O) groups is 1. The molecule has 0 aliphatic heterocycles. The van der Waals surface area contributed by atoms with E-state index in [1.807, 2.05) is 6.08 Å². The predicted octanol–water partition coefficient (Wildman–Crippen LogP) is 3.98. The highest BCUT2D eigenvalue weighted by molar-refractivity contribution is 5.91. The lowest BCUT2D eigenvalue weighted by Crippen LogP contribution is -2.27. The van der Waals surface area contributed by atoms with Crippen LogP contribution in [0.25, 0.3) is 0 Å². The van der Waals surface area contributed by atoms with E-state index in [2.05, 4.69) is 27.7 Å². The minimum atomic E-state index is 0.281. The first-order chi connectivity index (χ1) is 6.91. The van der Waals surface area contributed by atoms with Gasteiger partial charge in [-0.2, -0.15) is 0 Å². The van der Waals surface area contributed by atoms with Crippen LogP contribution in [0.1, 0.15) is 53.4 Å². The van der Waals surface area contributed by atoms with Gasteiger partial charge in [0.15, 0.2) is 5.78 Å². The number of hydrogen-bond acceptors (Lipinski definition) is 1. The molecular weight excluding hydrogens is 184 g/mol. The highest BCUT2D eigenvalue weighted by Gasteiger charge is 2.30. The van der Waals surface area contributed by atoms with Crippen molar-refractivity contribution in [1.82, 2.24) is 0 Å². The molecule has 0 heterocycles. The SMILES string of the molecule is CC(C)/C=C\C(=O)C1CCCC(C)(C)C1. The Labute approximate surface area is 93.9 Å². The third-order valence-corrected chi connectivity index (χ3v) is 3.25. The average molecular weight is 208 g/mol. The lowest BCUT2D eigenvalue weighted by Gasteiger charge is -2.34. The van der Waals surface area contributed by atoms with Gasteiger partial charge in [-0.05, 0) is 36.7 Å². The summed E-state index contributed by atoms with van der Waals surface area (Å²) in [4.78, 5) is 11.9. The Hall–Kier alpha value is -0.590. The molecule has 0 aromatic rings. The molecule has 1 heteroatoms. The van der Waals surface area contributed by atoms with E-state index >= 15 is 0 Å². The molecule has 0 bridgehead atoms. The number of rotatable bonds is 3. The van der Waals surface area contributed by atoms with Crippen molar-refractivity contribution in [2.24, 2.45) is 17.3 Å². The number of ketones is 1. The molecule has 1 rings (SSSR count). The van der Waals surface area contributed by atoms with Crippen LogP contribution in [0, 0.1) is 17.3 Å². The minimum Gasteiger partial charge on any atom is -0.295 e.